The first-order chi connectivity index (χ1) is 9.08. The van der Waals surface area contributed by atoms with Gasteiger partial charge in [-0.05, 0) is 36.2 Å². The second kappa shape index (κ2) is 6.19. The lowest BCUT2D eigenvalue weighted by Gasteiger charge is -2.06. The molecule has 0 heterocycles. The third kappa shape index (κ3) is 4.06. The maximum absolute atomic E-state index is 12.0. The minimum atomic E-state index is -3.42. The largest absolute Gasteiger partial charge is 0.240 e. The van der Waals surface area contributed by atoms with E-state index in [0.717, 1.165) is 5.56 Å². The zero-order valence-corrected chi connectivity index (χ0v) is 11.8. The molecule has 3 nitrogen and oxygen atoms in total. The van der Waals surface area contributed by atoms with E-state index in [-0.39, 0.29) is 4.90 Å². The van der Waals surface area contributed by atoms with Gasteiger partial charge < -0.3 is 0 Å². The van der Waals surface area contributed by atoms with Gasteiger partial charge in [0.05, 0.1) is 4.90 Å². The second-order valence-corrected chi connectivity index (χ2v) is 6.29. The molecule has 2 aromatic carbocycles. The number of sulfonamides is 1. The van der Waals surface area contributed by atoms with Gasteiger partial charge >= 0.3 is 0 Å². The zero-order valence-electron chi connectivity index (χ0n) is 10.2. The molecular formula is C14H14ClNO2S. The van der Waals surface area contributed by atoms with Crippen LogP contribution in [0.2, 0.25) is 5.02 Å². The minimum absolute atomic E-state index is 0.279. The van der Waals surface area contributed by atoms with E-state index in [9.17, 15) is 8.42 Å². The van der Waals surface area contributed by atoms with Gasteiger partial charge in [-0.3, -0.25) is 0 Å². The van der Waals surface area contributed by atoms with Crippen LogP contribution in [0.1, 0.15) is 5.56 Å². The van der Waals surface area contributed by atoms with Gasteiger partial charge in [-0.25, -0.2) is 13.1 Å². The monoisotopic (exact) mass is 295 g/mol. The highest BCUT2D eigenvalue weighted by Crippen LogP contribution is 2.11. The van der Waals surface area contributed by atoms with Crippen molar-refractivity contribution >= 4 is 21.6 Å². The normalized spacial score (nSPS) is 11.4. The van der Waals surface area contributed by atoms with Crippen molar-refractivity contribution in [1.82, 2.24) is 4.72 Å². The Balaban J connectivity index is 1.96. The summed E-state index contributed by atoms with van der Waals surface area (Å²) in [5, 5.41) is 0.656. The summed E-state index contributed by atoms with van der Waals surface area (Å²) in [4.78, 5) is 0.279. The van der Waals surface area contributed by atoms with E-state index < -0.39 is 10.0 Å². The first kappa shape index (κ1) is 14.1. The van der Waals surface area contributed by atoms with E-state index in [4.69, 9.17) is 11.6 Å². The Bertz CT molecular complexity index is 642. The topological polar surface area (TPSA) is 46.2 Å². The molecule has 0 aromatic heterocycles. The Morgan fingerprint density at radius 1 is 1.00 bits per heavy atom. The van der Waals surface area contributed by atoms with Gasteiger partial charge in [-0.15, -0.1) is 0 Å². The molecule has 0 aliphatic heterocycles. The highest BCUT2D eigenvalue weighted by Gasteiger charge is 2.11. The highest BCUT2D eigenvalue weighted by molar-refractivity contribution is 7.89. The number of hydrogen-bond donors (Lipinski definition) is 1. The quantitative estimate of drug-likeness (QED) is 0.922. The van der Waals surface area contributed by atoms with Gasteiger partial charge in [-0.2, -0.15) is 0 Å². The number of halogens is 1. The second-order valence-electron chi connectivity index (χ2n) is 4.09. The van der Waals surface area contributed by atoms with E-state index >= 15 is 0 Å². The molecule has 0 aliphatic rings. The van der Waals surface area contributed by atoms with Gasteiger partial charge in [0.25, 0.3) is 0 Å². The number of benzene rings is 2. The summed E-state index contributed by atoms with van der Waals surface area (Å²) in [5.74, 6) is 0. The lowest BCUT2D eigenvalue weighted by molar-refractivity contribution is 0.581. The van der Waals surface area contributed by atoms with Gasteiger partial charge in [-0.1, -0.05) is 41.9 Å². The molecule has 0 spiro atoms. The van der Waals surface area contributed by atoms with Crippen LogP contribution in [0.5, 0.6) is 0 Å². The SMILES string of the molecule is O=S(=O)(NCCc1cccc(Cl)c1)c1ccccc1. The molecule has 0 saturated heterocycles. The third-order valence-corrected chi connectivity index (χ3v) is 4.36. The summed E-state index contributed by atoms with van der Waals surface area (Å²) in [6.07, 6.45) is 0.604. The minimum Gasteiger partial charge on any atom is -0.211 e. The van der Waals surface area contributed by atoms with E-state index in [0.29, 0.717) is 18.0 Å². The third-order valence-electron chi connectivity index (χ3n) is 2.65. The molecule has 2 rings (SSSR count). The van der Waals surface area contributed by atoms with Crippen LogP contribution in [0.4, 0.5) is 0 Å². The first-order valence-corrected chi connectivity index (χ1v) is 7.73. The summed E-state index contributed by atoms with van der Waals surface area (Å²) >= 11 is 5.87. The molecular weight excluding hydrogens is 282 g/mol. The van der Waals surface area contributed by atoms with Gasteiger partial charge in [0.2, 0.25) is 10.0 Å². The fourth-order valence-corrected chi connectivity index (χ4v) is 2.97. The van der Waals surface area contributed by atoms with Crippen molar-refractivity contribution in [3.63, 3.8) is 0 Å². The van der Waals surface area contributed by atoms with Crippen LogP contribution in [0.3, 0.4) is 0 Å². The summed E-state index contributed by atoms with van der Waals surface area (Å²) in [7, 11) is -3.42. The molecule has 0 fully saturated rings. The van der Waals surface area contributed by atoms with Crippen LogP contribution in [0, 0.1) is 0 Å². The number of nitrogens with one attached hydrogen (secondary N) is 1. The van der Waals surface area contributed by atoms with E-state index in [1.807, 2.05) is 18.2 Å². The molecule has 2 aromatic rings. The molecule has 0 unspecified atom stereocenters. The lowest BCUT2D eigenvalue weighted by Crippen LogP contribution is -2.25. The molecule has 5 heteroatoms. The predicted octanol–water partition coefficient (Wildman–Crippen LogP) is 2.86. The Hall–Kier alpha value is -1.36. The van der Waals surface area contributed by atoms with Gasteiger partial charge in [0.15, 0.2) is 0 Å². The zero-order chi connectivity index (χ0) is 13.7. The molecule has 0 aliphatic carbocycles. The van der Waals surface area contributed by atoms with Crippen molar-refractivity contribution in [1.29, 1.82) is 0 Å². The van der Waals surface area contributed by atoms with Crippen molar-refractivity contribution < 1.29 is 8.42 Å². The highest BCUT2D eigenvalue weighted by atomic mass is 35.5. The average molecular weight is 296 g/mol. The molecule has 0 saturated carbocycles. The average Bonchev–Trinajstić information content (AvgIpc) is 2.40. The fraction of sp³-hybridized carbons (Fsp3) is 0.143. The summed E-state index contributed by atoms with van der Waals surface area (Å²) in [6, 6.07) is 15.7. The van der Waals surface area contributed by atoms with Crippen molar-refractivity contribution in [3.8, 4) is 0 Å². The molecule has 0 atom stereocenters. The van der Waals surface area contributed by atoms with Crippen molar-refractivity contribution in [3.05, 3.63) is 65.2 Å². The van der Waals surface area contributed by atoms with E-state index in [1.54, 1.807) is 36.4 Å². The molecule has 0 bridgehead atoms. The van der Waals surface area contributed by atoms with Crippen LogP contribution in [-0.4, -0.2) is 15.0 Å². The van der Waals surface area contributed by atoms with E-state index in [2.05, 4.69) is 4.72 Å². The summed E-state index contributed by atoms with van der Waals surface area (Å²) < 4.78 is 26.5. The van der Waals surface area contributed by atoms with Gasteiger partial charge in [0.1, 0.15) is 0 Å². The smallest absolute Gasteiger partial charge is 0.211 e. The Morgan fingerprint density at radius 2 is 1.74 bits per heavy atom. The van der Waals surface area contributed by atoms with Crippen LogP contribution < -0.4 is 4.72 Å². The fourth-order valence-electron chi connectivity index (χ4n) is 1.71. The van der Waals surface area contributed by atoms with Crippen molar-refractivity contribution in [2.45, 2.75) is 11.3 Å². The summed E-state index contributed by atoms with van der Waals surface area (Å²) in [5.41, 5.74) is 1.00. The first-order valence-electron chi connectivity index (χ1n) is 5.87. The number of hydrogen-bond acceptors (Lipinski definition) is 2. The standard InChI is InChI=1S/C14H14ClNO2S/c15-13-6-4-5-12(11-13)9-10-16-19(17,18)14-7-2-1-3-8-14/h1-8,11,16H,9-10H2. The maximum Gasteiger partial charge on any atom is 0.240 e. The number of rotatable bonds is 5. The summed E-state index contributed by atoms with van der Waals surface area (Å²) in [6.45, 7) is 0.345. The van der Waals surface area contributed by atoms with Crippen LogP contribution in [0.15, 0.2) is 59.5 Å². The predicted molar refractivity (Wildman–Crippen MR) is 76.8 cm³/mol. The van der Waals surface area contributed by atoms with Crippen molar-refractivity contribution in [2.24, 2.45) is 0 Å². The Labute approximate surface area is 118 Å². The maximum atomic E-state index is 12.0. The van der Waals surface area contributed by atoms with Crippen LogP contribution in [-0.2, 0) is 16.4 Å². The van der Waals surface area contributed by atoms with E-state index in [1.165, 1.54) is 0 Å². The molecule has 0 amide bonds. The van der Waals surface area contributed by atoms with Crippen molar-refractivity contribution in [2.75, 3.05) is 6.54 Å². The molecule has 19 heavy (non-hydrogen) atoms. The van der Waals surface area contributed by atoms with Gasteiger partial charge in [0, 0.05) is 11.6 Å². The molecule has 0 radical (unpaired) electrons. The van der Waals surface area contributed by atoms with Crippen LogP contribution >= 0.6 is 11.6 Å². The Morgan fingerprint density at radius 3 is 2.42 bits per heavy atom. The lowest BCUT2D eigenvalue weighted by atomic mass is 10.2. The molecule has 100 valence electrons. The van der Waals surface area contributed by atoms with Crippen LogP contribution in [0.25, 0.3) is 0 Å². The molecule has 1 N–H and O–H groups in total. The Kier molecular flexibility index (Phi) is 4.58.